The molecule has 0 saturated carbocycles. The van der Waals surface area contributed by atoms with E-state index in [0.717, 1.165) is 11.3 Å². The van der Waals surface area contributed by atoms with Gasteiger partial charge in [0.25, 0.3) is 10.0 Å². The summed E-state index contributed by atoms with van der Waals surface area (Å²) in [5.74, 6) is -1.91. The van der Waals surface area contributed by atoms with E-state index >= 15 is 0 Å². The Bertz CT molecular complexity index is 1150. The van der Waals surface area contributed by atoms with Gasteiger partial charge in [0, 0.05) is 11.1 Å². The molecule has 1 spiro atoms. The van der Waals surface area contributed by atoms with Crippen LogP contribution in [0.5, 0.6) is 0 Å². The van der Waals surface area contributed by atoms with E-state index in [0.29, 0.717) is 47.1 Å². The molecular formula is C16H19BrN2O8S4. The maximum atomic E-state index is 11.7. The number of thiophene rings is 2. The average molecular weight is 576 g/mol. The van der Waals surface area contributed by atoms with Crippen LogP contribution >= 0.6 is 38.6 Å². The van der Waals surface area contributed by atoms with Crippen molar-refractivity contribution in [3.63, 3.8) is 0 Å². The van der Waals surface area contributed by atoms with Gasteiger partial charge in [0.15, 0.2) is 0 Å². The molecule has 2 saturated heterocycles. The molecule has 2 aromatic heterocycles. The van der Waals surface area contributed by atoms with Crippen LogP contribution in [0, 0.1) is 0 Å². The van der Waals surface area contributed by atoms with E-state index in [9.17, 15) is 16.8 Å². The van der Waals surface area contributed by atoms with Gasteiger partial charge in [-0.3, -0.25) is 0 Å². The van der Waals surface area contributed by atoms with Crippen LogP contribution in [0.4, 0.5) is 0 Å². The summed E-state index contributed by atoms with van der Waals surface area (Å²) in [7, 11) is -7.09. The maximum Gasteiger partial charge on any atom is 0.250 e. The Hall–Kier alpha value is -0.460. The van der Waals surface area contributed by atoms with Crippen LogP contribution in [-0.2, 0) is 50.6 Å². The zero-order valence-corrected chi connectivity index (χ0v) is 20.8. The molecule has 0 aromatic carbocycles. The van der Waals surface area contributed by atoms with Crippen LogP contribution in [0.15, 0.2) is 31.3 Å². The van der Waals surface area contributed by atoms with Crippen LogP contribution < -0.4 is 9.86 Å². The number of nitrogens with two attached hydrogens (primary N) is 1. The third-order valence-electron chi connectivity index (χ3n) is 4.76. The first kappa shape index (κ1) is 23.7. The van der Waals surface area contributed by atoms with Crippen molar-refractivity contribution in [3.05, 3.63) is 34.0 Å². The number of primary sulfonamides is 1. The van der Waals surface area contributed by atoms with Crippen LogP contribution in [0.25, 0.3) is 0 Å². The monoisotopic (exact) mass is 574 g/mol. The summed E-state index contributed by atoms with van der Waals surface area (Å²) in [6.45, 7) is 2.02. The van der Waals surface area contributed by atoms with Gasteiger partial charge in [0.2, 0.25) is 21.6 Å². The number of sulfonamides is 2. The minimum absolute atomic E-state index is 0.0915. The van der Waals surface area contributed by atoms with Crippen molar-refractivity contribution in [2.45, 2.75) is 20.0 Å². The lowest BCUT2D eigenvalue weighted by molar-refractivity contribution is -0.162. The summed E-state index contributed by atoms with van der Waals surface area (Å²) >= 11 is 5.52. The van der Waals surface area contributed by atoms with Gasteiger partial charge >= 0.3 is 0 Å². The second-order valence-corrected chi connectivity index (χ2v) is 12.8. The zero-order chi connectivity index (χ0) is 22.3. The maximum absolute atomic E-state index is 11.7. The van der Waals surface area contributed by atoms with Gasteiger partial charge in [0.1, 0.15) is 8.42 Å². The lowest BCUT2D eigenvalue weighted by atomic mass is 10.1. The summed E-state index contributed by atoms with van der Waals surface area (Å²) in [6, 6.07) is 3.42. The number of rotatable bonds is 3. The van der Waals surface area contributed by atoms with Crippen molar-refractivity contribution >= 4 is 58.7 Å². The van der Waals surface area contributed by atoms with Crippen molar-refractivity contribution in [1.82, 2.24) is 4.72 Å². The molecule has 3 aliphatic heterocycles. The van der Waals surface area contributed by atoms with Gasteiger partial charge in [-0.25, -0.2) is 26.7 Å². The summed E-state index contributed by atoms with van der Waals surface area (Å²) in [5, 5.41) is 8.90. The smallest absolute Gasteiger partial charge is 0.250 e. The van der Waals surface area contributed by atoms with Gasteiger partial charge in [-0.2, -0.15) is 0 Å². The second kappa shape index (κ2) is 8.72. The number of ether oxygens (including phenoxy) is 4. The van der Waals surface area contributed by atoms with Crippen molar-refractivity contribution in [3.8, 4) is 0 Å². The minimum atomic E-state index is -3.74. The first-order valence-corrected chi connectivity index (χ1v) is 14.8. The fourth-order valence-electron chi connectivity index (χ4n) is 3.41. The lowest BCUT2D eigenvalue weighted by Gasteiger charge is -2.31. The Morgan fingerprint density at radius 2 is 1.61 bits per heavy atom. The summed E-state index contributed by atoms with van der Waals surface area (Å²) in [4.78, 5) is 0. The third kappa shape index (κ3) is 4.38. The van der Waals surface area contributed by atoms with Crippen LogP contribution in [0.2, 0.25) is 0 Å². The second-order valence-electron chi connectivity index (χ2n) is 6.65. The Balaban J connectivity index is 0.000000149. The molecule has 31 heavy (non-hydrogen) atoms. The average Bonchev–Trinajstić information content (AvgIpc) is 3.52. The third-order valence-corrected chi connectivity index (χ3v) is 10.8. The van der Waals surface area contributed by atoms with Crippen molar-refractivity contribution < 1.29 is 35.8 Å². The molecule has 2 fully saturated rings. The summed E-state index contributed by atoms with van der Waals surface area (Å²) in [6.07, 6.45) is 0. The first-order valence-electron chi connectivity index (χ1n) is 8.94. The molecule has 5 rings (SSSR count). The normalized spacial score (nSPS) is 23.3. The van der Waals surface area contributed by atoms with E-state index in [-0.39, 0.29) is 10.8 Å². The molecule has 15 heteroatoms. The Morgan fingerprint density at radius 3 is 2.23 bits per heavy atom. The number of fused-ring (bicyclic) bond motifs is 2. The molecule has 0 aliphatic carbocycles. The predicted molar refractivity (Wildman–Crippen MR) is 116 cm³/mol. The molecular weight excluding hydrogens is 556 g/mol. The molecule has 0 unspecified atom stereocenters. The molecule has 0 amide bonds. The Labute approximate surface area is 195 Å². The van der Waals surface area contributed by atoms with Crippen molar-refractivity contribution in [2.24, 2.45) is 5.14 Å². The topological polar surface area (TPSA) is 143 Å². The van der Waals surface area contributed by atoms with Crippen molar-refractivity contribution in [2.75, 3.05) is 38.3 Å². The highest BCUT2D eigenvalue weighted by atomic mass is 79.9. The summed E-state index contributed by atoms with van der Waals surface area (Å²) < 4.78 is 71.0. The molecule has 0 radical (unpaired) electrons. The number of nitrogens with one attached hydrogen (secondary N) is 1. The number of halogens is 1. The molecule has 172 valence electrons. The predicted octanol–water partition coefficient (Wildman–Crippen LogP) is 1.23. The molecule has 3 N–H and O–H groups in total. The van der Waals surface area contributed by atoms with Gasteiger partial charge < -0.3 is 18.9 Å². The molecule has 2 aromatic rings. The van der Waals surface area contributed by atoms with Gasteiger partial charge in [-0.15, -0.1) is 22.7 Å². The van der Waals surface area contributed by atoms with Crippen LogP contribution in [-0.4, -0.2) is 55.1 Å². The highest BCUT2D eigenvalue weighted by Gasteiger charge is 2.47. The zero-order valence-electron chi connectivity index (χ0n) is 15.9. The Kier molecular flexibility index (Phi) is 6.66. The van der Waals surface area contributed by atoms with Crippen molar-refractivity contribution in [1.29, 1.82) is 0 Å². The molecule has 5 heterocycles. The fraction of sp³-hybridized carbons (Fsp3) is 0.500. The standard InChI is InChI=1S/C8H10BrNO4S2.C8H9NO4S2/c9-5-8(13-2-3-14-8)6-1-4-15-7(6)16(10,11)12;10-15(11)7-6(1-4-14-7)8(5-9-15)12-2-3-13-8/h1,4H,2-3,5H2,(H2,10,11,12);1,4,9H,2-3,5H2. The molecule has 3 aliphatic rings. The molecule has 10 nitrogen and oxygen atoms in total. The van der Waals surface area contributed by atoms with E-state index < -0.39 is 31.6 Å². The highest BCUT2D eigenvalue weighted by molar-refractivity contribution is 9.09. The largest absolute Gasteiger partial charge is 0.343 e. The number of hydrogen-bond acceptors (Lipinski definition) is 10. The van der Waals surface area contributed by atoms with E-state index in [1.807, 2.05) is 0 Å². The highest BCUT2D eigenvalue weighted by Crippen LogP contribution is 2.41. The van der Waals surface area contributed by atoms with E-state index in [1.54, 1.807) is 22.9 Å². The molecule has 0 atom stereocenters. The van der Waals surface area contributed by atoms with Gasteiger partial charge in [-0.05, 0) is 22.9 Å². The minimum Gasteiger partial charge on any atom is -0.343 e. The first-order chi connectivity index (χ1) is 14.6. The van der Waals surface area contributed by atoms with E-state index in [2.05, 4.69) is 20.7 Å². The summed E-state index contributed by atoms with van der Waals surface area (Å²) in [5.41, 5.74) is 1.10. The number of alkyl halides is 1. The lowest BCUT2D eigenvalue weighted by Crippen LogP contribution is -2.46. The van der Waals surface area contributed by atoms with Crippen LogP contribution in [0.1, 0.15) is 11.1 Å². The van der Waals surface area contributed by atoms with Crippen LogP contribution in [0.3, 0.4) is 0 Å². The van der Waals surface area contributed by atoms with Gasteiger partial charge in [0.05, 0.1) is 38.3 Å². The number of hydrogen-bond donors (Lipinski definition) is 2. The quantitative estimate of drug-likeness (QED) is 0.521. The molecule has 0 bridgehead atoms. The van der Waals surface area contributed by atoms with E-state index in [1.165, 1.54) is 11.3 Å². The fourth-order valence-corrected chi connectivity index (χ4v) is 8.50. The SMILES string of the molecule is NS(=O)(=O)c1sccc1C1(CBr)OCCO1.O=S1(=O)NCC2(OCCO2)c2ccsc21. The van der Waals surface area contributed by atoms with E-state index in [4.69, 9.17) is 24.1 Å². The Morgan fingerprint density at radius 1 is 1.03 bits per heavy atom. The van der Waals surface area contributed by atoms with Gasteiger partial charge in [-0.1, -0.05) is 15.9 Å².